The van der Waals surface area contributed by atoms with Gasteiger partial charge in [0.05, 0.1) is 5.69 Å². The molecular formula is C11H11N3O. The van der Waals surface area contributed by atoms with Crippen molar-refractivity contribution in [3.05, 3.63) is 36.3 Å². The summed E-state index contributed by atoms with van der Waals surface area (Å²) in [6, 6.07) is 3.79. The number of nitrogens with zero attached hydrogens (tertiary/aromatic N) is 2. The van der Waals surface area contributed by atoms with Crippen molar-refractivity contribution in [2.24, 2.45) is 0 Å². The van der Waals surface area contributed by atoms with E-state index in [2.05, 4.69) is 15.0 Å². The molecule has 0 radical (unpaired) electrons. The normalized spacial score (nSPS) is 12.3. The lowest BCUT2D eigenvalue weighted by Gasteiger charge is -2.03. The molecule has 76 valence electrons. The Morgan fingerprint density at radius 2 is 2.13 bits per heavy atom. The van der Waals surface area contributed by atoms with Crippen LogP contribution in [0.3, 0.4) is 0 Å². The minimum atomic E-state index is -0.150. The summed E-state index contributed by atoms with van der Waals surface area (Å²) in [5.41, 5.74) is 1.71. The SMILES string of the molecule is CC(C=O)c1cnc(-c2ccc[nH]2)nc1. The standard InChI is InChI=1S/C11H11N3O/c1-8(7-15)9-5-13-11(14-6-9)10-3-2-4-12-10/h2-8,12H,1H3. The molecule has 0 saturated carbocycles. The van der Waals surface area contributed by atoms with Gasteiger partial charge in [-0.15, -0.1) is 0 Å². The molecule has 1 unspecified atom stereocenters. The monoisotopic (exact) mass is 201 g/mol. The molecule has 0 fully saturated rings. The van der Waals surface area contributed by atoms with Gasteiger partial charge in [-0.05, 0) is 17.7 Å². The number of hydrogen-bond acceptors (Lipinski definition) is 3. The summed E-state index contributed by atoms with van der Waals surface area (Å²) in [5.74, 6) is 0.490. The van der Waals surface area contributed by atoms with Crippen LogP contribution in [-0.4, -0.2) is 21.2 Å². The highest BCUT2D eigenvalue weighted by Gasteiger charge is 2.06. The summed E-state index contributed by atoms with van der Waals surface area (Å²) >= 11 is 0. The summed E-state index contributed by atoms with van der Waals surface area (Å²) in [5, 5.41) is 0. The molecular weight excluding hydrogens is 190 g/mol. The highest BCUT2D eigenvalue weighted by Crippen LogP contribution is 2.14. The Labute approximate surface area is 87.4 Å². The zero-order valence-corrected chi connectivity index (χ0v) is 8.34. The Morgan fingerprint density at radius 1 is 1.40 bits per heavy atom. The van der Waals surface area contributed by atoms with Crippen molar-refractivity contribution < 1.29 is 4.79 Å². The highest BCUT2D eigenvalue weighted by atomic mass is 16.1. The van der Waals surface area contributed by atoms with Gasteiger partial charge in [0.1, 0.15) is 6.29 Å². The first kappa shape index (κ1) is 9.58. The van der Waals surface area contributed by atoms with E-state index in [1.165, 1.54) is 0 Å². The molecule has 0 saturated heterocycles. The smallest absolute Gasteiger partial charge is 0.175 e. The molecule has 0 aliphatic rings. The van der Waals surface area contributed by atoms with Crippen LogP contribution in [0.1, 0.15) is 18.4 Å². The van der Waals surface area contributed by atoms with E-state index in [0.717, 1.165) is 17.5 Å². The van der Waals surface area contributed by atoms with Crippen molar-refractivity contribution in [3.63, 3.8) is 0 Å². The molecule has 0 aliphatic carbocycles. The van der Waals surface area contributed by atoms with Gasteiger partial charge in [-0.2, -0.15) is 0 Å². The number of aromatic amines is 1. The molecule has 15 heavy (non-hydrogen) atoms. The van der Waals surface area contributed by atoms with E-state index in [9.17, 15) is 4.79 Å². The van der Waals surface area contributed by atoms with Crippen LogP contribution in [0.5, 0.6) is 0 Å². The molecule has 2 heterocycles. The number of hydrogen-bond donors (Lipinski definition) is 1. The number of rotatable bonds is 3. The zero-order chi connectivity index (χ0) is 10.7. The lowest BCUT2D eigenvalue weighted by molar-refractivity contribution is -0.108. The first-order valence-corrected chi connectivity index (χ1v) is 4.72. The molecule has 0 bridgehead atoms. The topological polar surface area (TPSA) is 58.6 Å². The lowest BCUT2D eigenvalue weighted by Crippen LogP contribution is -1.98. The number of nitrogens with one attached hydrogen (secondary N) is 1. The third-order valence-corrected chi connectivity index (χ3v) is 2.24. The fourth-order valence-corrected chi connectivity index (χ4v) is 1.26. The molecule has 1 N–H and O–H groups in total. The van der Waals surface area contributed by atoms with Crippen LogP contribution in [0.15, 0.2) is 30.7 Å². The van der Waals surface area contributed by atoms with E-state index >= 15 is 0 Å². The van der Waals surface area contributed by atoms with Gasteiger partial charge < -0.3 is 9.78 Å². The quantitative estimate of drug-likeness (QED) is 0.770. The average Bonchev–Trinajstić information content (AvgIpc) is 2.82. The van der Waals surface area contributed by atoms with Crippen molar-refractivity contribution in [2.45, 2.75) is 12.8 Å². The second-order valence-corrected chi connectivity index (χ2v) is 3.35. The number of aldehydes is 1. The van der Waals surface area contributed by atoms with Gasteiger partial charge in [-0.3, -0.25) is 0 Å². The summed E-state index contributed by atoms with van der Waals surface area (Å²) in [4.78, 5) is 22.0. The summed E-state index contributed by atoms with van der Waals surface area (Å²) in [6.45, 7) is 1.82. The van der Waals surface area contributed by atoms with Crippen molar-refractivity contribution in [1.82, 2.24) is 15.0 Å². The molecule has 0 spiro atoms. The van der Waals surface area contributed by atoms with E-state index < -0.39 is 0 Å². The maximum atomic E-state index is 10.6. The lowest BCUT2D eigenvalue weighted by atomic mass is 10.1. The minimum Gasteiger partial charge on any atom is -0.359 e. The summed E-state index contributed by atoms with van der Waals surface area (Å²) < 4.78 is 0. The number of aromatic nitrogens is 3. The Bertz CT molecular complexity index is 433. The predicted octanol–water partition coefficient (Wildman–Crippen LogP) is 1.77. The van der Waals surface area contributed by atoms with Crippen molar-refractivity contribution in [3.8, 4) is 11.5 Å². The van der Waals surface area contributed by atoms with E-state index in [1.807, 2.05) is 25.3 Å². The van der Waals surface area contributed by atoms with Gasteiger partial charge in [0, 0.05) is 24.5 Å². The van der Waals surface area contributed by atoms with Crippen LogP contribution in [0.2, 0.25) is 0 Å². The molecule has 0 aromatic carbocycles. The largest absolute Gasteiger partial charge is 0.359 e. The molecule has 4 nitrogen and oxygen atoms in total. The Kier molecular flexibility index (Phi) is 2.58. The van der Waals surface area contributed by atoms with Gasteiger partial charge in [0.25, 0.3) is 0 Å². The van der Waals surface area contributed by atoms with Crippen LogP contribution < -0.4 is 0 Å². The molecule has 4 heteroatoms. The van der Waals surface area contributed by atoms with Crippen LogP contribution in [-0.2, 0) is 4.79 Å². The van der Waals surface area contributed by atoms with E-state index in [-0.39, 0.29) is 5.92 Å². The van der Waals surface area contributed by atoms with Crippen molar-refractivity contribution in [2.75, 3.05) is 0 Å². The van der Waals surface area contributed by atoms with E-state index in [4.69, 9.17) is 0 Å². The Balaban J connectivity index is 2.28. The van der Waals surface area contributed by atoms with Crippen molar-refractivity contribution >= 4 is 6.29 Å². The molecule has 0 aliphatic heterocycles. The van der Waals surface area contributed by atoms with Gasteiger partial charge in [-0.1, -0.05) is 6.92 Å². The average molecular weight is 201 g/mol. The fourth-order valence-electron chi connectivity index (χ4n) is 1.26. The van der Waals surface area contributed by atoms with Crippen LogP contribution in [0, 0.1) is 0 Å². The van der Waals surface area contributed by atoms with Crippen LogP contribution in [0.4, 0.5) is 0 Å². The molecule has 2 aromatic heterocycles. The van der Waals surface area contributed by atoms with Crippen LogP contribution in [0.25, 0.3) is 11.5 Å². The first-order chi connectivity index (χ1) is 7.31. The number of carbonyl (C=O) groups excluding carboxylic acids is 1. The molecule has 1 atom stereocenters. The van der Waals surface area contributed by atoms with Crippen molar-refractivity contribution in [1.29, 1.82) is 0 Å². The van der Waals surface area contributed by atoms with Gasteiger partial charge in [-0.25, -0.2) is 9.97 Å². The van der Waals surface area contributed by atoms with E-state index in [0.29, 0.717) is 5.82 Å². The summed E-state index contributed by atoms with van der Waals surface area (Å²) in [7, 11) is 0. The minimum absolute atomic E-state index is 0.150. The maximum absolute atomic E-state index is 10.6. The molecule has 2 aromatic rings. The third-order valence-electron chi connectivity index (χ3n) is 2.24. The second-order valence-electron chi connectivity index (χ2n) is 3.35. The van der Waals surface area contributed by atoms with Crippen LogP contribution >= 0.6 is 0 Å². The predicted molar refractivity (Wildman–Crippen MR) is 56.3 cm³/mol. The fraction of sp³-hybridized carbons (Fsp3) is 0.182. The van der Waals surface area contributed by atoms with Gasteiger partial charge >= 0.3 is 0 Å². The third kappa shape index (κ3) is 1.93. The van der Waals surface area contributed by atoms with Gasteiger partial charge in [0.15, 0.2) is 5.82 Å². The Hall–Kier alpha value is -1.97. The maximum Gasteiger partial charge on any atom is 0.175 e. The van der Waals surface area contributed by atoms with E-state index in [1.54, 1.807) is 12.4 Å². The summed E-state index contributed by atoms with van der Waals surface area (Å²) in [6.07, 6.45) is 6.07. The number of H-pyrrole nitrogens is 1. The molecule has 2 rings (SSSR count). The zero-order valence-electron chi connectivity index (χ0n) is 8.34. The Morgan fingerprint density at radius 3 is 2.67 bits per heavy atom. The second kappa shape index (κ2) is 4.04. The van der Waals surface area contributed by atoms with Gasteiger partial charge in [0.2, 0.25) is 0 Å². The number of carbonyl (C=O) groups is 1. The molecule has 0 amide bonds. The first-order valence-electron chi connectivity index (χ1n) is 4.72. The highest BCUT2D eigenvalue weighted by molar-refractivity contribution is 5.61.